The number of benzene rings is 6. The van der Waals surface area contributed by atoms with E-state index >= 15 is 0 Å². The van der Waals surface area contributed by atoms with Crippen molar-refractivity contribution in [3.63, 3.8) is 0 Å². The molecule has 0 N–H and O–H groups in total. The summed E-state index contributed by atoms with van der Waals surface area (Å²) in [6, 6.07) is 31.9. The van der Waals surface area contributed by atoms with Crippen molar-refractivity contribution in [2.45, 2.75) is 18.8 Å². The van der Waals surface area contributed by atoms with Crippen LogP contribution in [-0.2, 0) is 11.8 Å². The highest BCUT2D eigenvalue weighted by molar-refractivity contribution is 6.03. The molecule has 0 radical (unpaired) electrons. The molecule has 1 atom stereocenters. The number of rotatable bonds is 3. The van der Waals surface area contributed by atoms with Gasteiger partial charge in [-0.25, -0.2) is 0 Å². The molecule has 0 amide bonds. The Morgan fingerprint density at radius 1 is 0.619 bits per heavy atom. The van der Waals surface area contributed by atoms with Gasteiger partial charge in [-0.3, -0.25) is 20.2 Å². The maximum Gasteiger partial charge on any atom is 0.277 e. The monoisotopic (exact) mass is 550 g/mol. The van der Waals surface area contributed by atoms with E-state index in [0.717, 1.165) is 45.0 Å². The fourth-order valence-electron chi connectivity index (χ4n) is 7.18. The van der Waals surface area contributed by atoms with Crippen LogP contribution in [0.1, 0.15) is 34.7 Å². The minimum atomic E-state index is -1.09. The number of fused-ring (bicyclic) bond motifs is 13. The Bertz CT molecular complexity index is 2190. The van der Waals surface area contributed by atoms with Gasteiger partial charge in [0.15, 0.2) is 0 Å². The van der Waals surface area contributed by atoms with Crippen LogP contribution in [-0.4, -0.2) is 9.85 Å². The molecule has 7 nitrogen and oxygen atoms in total. The van der Waals surface area contributed by atoms with E-state index in [1.165, 1.54) is 6.07 Å². The molecule has 1 heterocycles. The zero-order valence-corrected chi connectivity index (χ0v) is 22.5. The Balaban J connectivity index is 1.66. The summed E-state index contributed by atoms with van der Waals surface area (Å²) in [5.74, 6) is 1.18. The second kappa shape index (κ2) is 8.47. The molecule has 42 heavy (non-hydrogen) atoms. The predicted molar refractivity (Wildman–Crippen MR) is 162 cm³/mol. The molecule has 0 fully saturated rings. The summed E-state index contributed by atoms with van der Waals surface area (Å²) in [7, 11) is 0. The van der Waals surface area contributed by atoms with Crippen molar-refractivity contribution >= 4 is 32.9 Å². The lowest BCUT2D eigenvalue weighted by molar-refractivity contribution is -0.384. The number of non-ortho nitro benzene ring substituents is 2. The van der Waals surface area contributed by atoms with E-state index in [1.54, 1.807) is 30.3 Å². The maximum atomic E-state index is 12.5. The quantitative estimate of drug-likeness (QED) is 0.162. The van der Waals surface area contributed by atoms with Crippen LogP contribution >= 0.6 is 0 Å². The van der Waals surface area contributed by atoms with Gasteiger partial charge in [0.05, 0.1) is 20.6 Å². The molecule has 0 saturated heterocycles. The van der Waals surface area contributed by atoms with Crippen LogP contribution in [0.3, 0.4) is 0 Å². The molecule has 202 valence electrons. The molecule has 2 aliphatic rings. The first-order chi connectivity index (χ1) is 20.4. The van der Waals surface area contributed by atoms with Crippen LogP contribution < -0.4 is 4.74 Å². The van der Waals surface area contributed by atoms with Crippen molar-refractivity contribution in [2.24, 2.45) is 0 Å². The first-order valence-corrected chi connectivity index (χ1v) is 13.8. The van der Waals surface area contributed by atoms with Crippen molar-refractivity contribution in [3.8, 4) is 22.6 Å². The average molecular weight is 551 g/mol. The first-order valence-electron chi connectivity index (χ1n) is 13.8. The number of nitro benzene ring substituents is 2. The van der Waals surface area contributed by atoms with Crippen LogP contribution in [0.15, 0.2) is 103 Å². The number of aryl methyl sites for hydroxylation is 1. The molecule has 0 aromatic heterocycles. The van der Waals surface area contributed by atoms with Crippen molar-refractivity contribution in [1.82, 2.24) is 0 Å². The largest absolute Gasteiger partial charge is 0.455 e. The molecule has 7 heteroatoms. The van der Waals surface area contributed by atoms with Gasteiger partial charge >= 0.3 is 0 Å². The molecule has 6 aromatic carbocycles. The van der Waals surface area contributed by atoms with E-state index in [1.807, 2.05) is 54.6 Å². The van der Waals surface area contributed by atoms with Gasteiger partial charge in [0.2, 0.25) is 0 Å². The number of hydrogen-bond acceptors (Lipinski definition) is 5. The third kappa shape index (κ3) is 2.94. The highest BCUT2D eigenvalue weighted by atomic mass is 16.6. The second-order valence-electron chi connectivity index (χ2n) is 10.8. The smallest absolute Gasteiger partial charge is 0.277 e. The molecule has 1 spiro atoms. The summed E-state index contributed by atoms with van der Waals surface area (Å²) in [6.45, 7) is 2.10. The fraction of sp³-hybridized carbons (Fsp3) is 0.0857. The van der Waals surface area contributed by atoms with Gasteiger partial charge in [-0.05, 0) is 57.8 Å². The summed E-state index contributed by atoms with van der Waals surface area (Å²) in [6.07, 6.45) is 0.748. The lowest BCUT2D eigenvalue weighted by Crippen LogP contribution is -2.33. The minimum Gasteiger partial charge on any atom is -0.455 e. The van der Waals surface area contributed by atoms with Crippen LogP contribution in [0.5, 0.6) is 11.5 Å². The van der Waals surface area contributed by atoms with Crippen molar-refractivity contribution < 1.29 is 14.6 Å². The fourth-order valence-corrected chi connectivity index (χ4v) is 7.18. The van der Waals surface area contributed by atoms with E-state index in [4.69, 9.17) is 4.74 Å². The Morgan fingerprint density at radius 2 is 1.21 bits per heavy atom. The number of hydrogen-bond donors (Lipinski definition) is 0. The van der Waals surface area contributed by atoms with Gasteiger partial charge < -0.3 is 4.74 Å². The van der Waals surface area contributed by atoms with Gasteiger partial charge in [0.1, 0.15) is 11.5 Å². The van der Waals surface area contributed by atoms with Gasteiger partial charge in [0, 0.05) is 40.1 Å². The highest BCUT2D eigenvalue weighted by Gasteiger charge is 2.53. The van der Waals surface area contributed by atoms with E-state index < -0.39 is 10.3 Å². The number of nitrogens with zero attached hydrogens (tertiary/aromatic N) is 2. The van der Waals surface area contributed by atoms with Crippen molar-refractivity contribution in [2.75, 3.05) is 0 Å². The third-order valence-electron chi connectivity index (χ3n) is 8.88. The molecular weight excluding hydrogens is 528 g/mol. The van der Waals surface area contributed by atoms with E-state index in [-0.39, 0.29) is 16.3 Å². The van der Waals surface area contributed by atoms with Gasteiger partial charge in [-0.15, -0.1) is 0 Å². The third-order valence-corrected chi connectivity index (χ3v) is 8.88. The molecule has 0 bridgehead atoms. The molecule has 0 saturated carbocycles. The summed E-state index contributed by atoms with van der Waals surface area (Å²) >= 11 is 0. The standard InChI is InChI=1S/C35H22N2O5/c1-2-20-17-30-33(26-12-5-3-9-22(20)26)42-34-27-13-6-4-11-25(27)32(37(40)41)19-31(34)35(30)28-14-8-7-10-23(28)24-16-15-21(36(38)39)18-29(24)35/h3-19H,2H2,1H3. The predicted octanol–water partition coefficient (Wildman–Crippen LogP) is 8.84. The van der Waals surface area contributed by atoms with Gasteiger partial charge in [-0.2, -0.15) is 0 Å². The first kappa shape index (κ1) is 24.3. The molecule has 1 unspecified atom stereocenters. The van der Waals surface area contributed by atoms with E-state index in [9.17, 15) is 20.2 Å². The van der Waals surface area contributed by atoms with Gasteiger partial charge in [0.25, 0.3) is 11.4 Å². The average Bonchev–Trinajstić information content (AvgIpc) is 3.30. The molecule has 6 aromatic rings. The Hall–Kier alpha value is -5.56. The summed E-state index contributed by atoms with van der Waals surface area (Å²) in [4.78, 5) is 23.9. The maximum absolute atomic E-state index is 12.5. The highest BCUT2D eigenvalue weighted by Crippen LogP contribution is 2.65. The van der Waals surface area contributed by atoms with Crippen molar-refractivity contribution in [1.29, 1.82) is 0 Å². The van der Waals surface area contributed by atoms with Crippen LogP contribution in [0.25, 0.3) is 32.7 Å². The molecule has 1 aliphatic heterocycles. The van der Waals surface area contributed by atoms with Crippen molar-refractivity contribution in [3.05, 3.63) is 151 Å². The lowest BCUT2D eigenvalue weighted by atomic mass is 9.64. The Kier molecular flexibility index (Phi) is 4.89. The van der Waals surface area contributed by atoms with Crippen LogP contribution in [0.2, 0.25) is 0 Å². The number of nitro groups is 2. The van der Waals surface area contributed by atoms with E-state index in [0.29, 0.717) is 33.4 Å². The normalized spacial score (nSPS) is 16.0. The topological polar surface area (TPSA) is 95.5 Å². The lowest BCUT2D eigenvalue weighted by Gasteiger charge is -2.40. The van der Waals surface area contributed by atoms with Gasteiger partial charge in [-0.1, -0.05) is 73.7 Å². The molecular formula is C35H22N2O5. The van der Waals surface area contributed by atoms with E-state index in [2.05, 4.69) is 19.1 Å². The second-order valence-corrected chi connectivity index (χ2v) is 10.8. The minimum absolute atomic E-state index is 0.0383. The summed E-state index contributed by atoms with van der Waals surface area (Å²) in [5, 5.41) is 27.7. The van der Waals surface area contributed by atoms with Crippen LogP contribution in [0.4, 0.5) is 11.4 Å². The van der Waals surface area contributed by atoms with Crippen LogP contribution in [0, 0.1) is 20.2 Å². The SMILES string of the molecule is CCc1cc2c(c3ccccc13)Oc1c(cc([N+](=O)[O-])c3ccccc13)C21c2ccccc2-c2ccc([N+](=O)[O-])cc21. The summed E-state index contributed by atoms with van der Waals surface area (Å²) < 4.78 is 6.88. The summed E-state index contributed by atoms with van der Waals surface area (Å²) in [5.41, 5.74) is 4.77. The zero-order valence-electron chi connectivity index (χ0n) is 22.5. The number of ether oxygens (including phenoxy) is 1. The molecule has 8 rings (SSSR count). The Labute approximate surface area is 239 Å². The Morgan fingerprint density at radius 3 is 1.90 bits per heavy atom. The zero-order chi connectivity index (χ0) is 28.7. The molecule has 1 aliphatic carbocycles.